The maximum atomic E-state index is 6.05. The second kappa shape index (κ2) is 5.41. The first-order valence-corrected chi connectivity index (χ1v) is 5.53. The van der Waals surface area contributed by atoms with Crippen molar-refractivity contribution >= 4 is 0 Å². The van der Waals surface area contributed by atoms with Gasteiger partial charge in [-0.1, -0.05) is 24.3 Å². The minimum atomic E-state index is 0.111. The molecule has 1 aromatic rings. The first kappa shape index (κ1) is 11.5. The molecule has 2 atom stereocenters. The van der Waals surface area contributed by atoms with Crippen molar-refractivity contribution in [3.8, 4) is 0 Å². The Morgan fingerprint density at radius 3 is 2.81 bits per heavy atom. The van der Waals surface area contributed by atoms with Crippen LogP contribution in [0.2, 0.25) is 0 Å². The minimum absolute atomic E-state index is 0.111. The normalized spacial score (nSPS) is 23.4. The fourth-order valence-electron chi connectivity index (χ4n) is 2.07. The molecule has 0 spiro atoms. The Balaban J connectivity index is 1.93. The van der Waals surface area contributed by atoms with Crippen LogP contribution in [-0.4, -0.2) is 20.3 Å². The lowest BCUT2D eigenvalue weighted by Gasteiger charge is -2.13. The highest BCUT2D eigenvalue weighted by atomic mass is 16.7. The fourth-order valence-corrected chi connectivity index (χ4v) is 2.07. The van der Waals surface area contributed by atoms with Crippen LogP contribution in [0.25, 0.3) is 0 Å². The first-order chi connectivity index (χ1) is 7.83. The van der Waals surface area contributed by atoms with Gasteiger partial charge in [-0.15, -0.1) is 0 Å². The number of nitrogens with one attached hydrogen (secondary N) is 1. The lowest BCUT2D eigenvalue weighted by molar-refractivity contribution is -0.0128. The van der Waals surface area contributed by atoms with E-state index in [4.69, 9.17) is 15.3 Å². The predicted molar refractivity (Wildman–Crippen MR) is 61.7 cm³/mol. The van der Waals surface area contributed by atoms with Crippen LogP contribution >= 0.6 is 0 Å². The zero-order valence-electron chi connectivity index (χ0n) is 9.48. The summed E-state index contributed by atoms with van der Waals surface area (Å²) in [5.74, 6) is 0. The van der Waals surface area contributed by atoms with Gasteiger partial charge in [0, 0.05) is 13.2 Å². The van der Waals surface area contributed by atoms with Gasteiger partial charge in [0.2, 0.25) is 0 Å². The van der Waals surface area contributed by atoms with E-state index in [1.54, 1.807) is 7.11 Å². The van der Waals surface area contributed by atoms with Gasteiger partial charge in [-0.3, -0.25) is 4.84 Å². The Hall–Kier alpha value is -0.940. The van der Waals surface area contributed by atoms with E-state index < -0.39 is 0 Å². The standard InChI is InChI=1S/C12H18N2O2/c1-15-6-7-16-14-12-8-11(13)9-4-2-3-5-10(9)12/h2-5,11-12,14H,6-8,13H2,1H3. The van der Waals surface area contributed by atoms with Gasteiger partial charge >= 0.3 is 0 Å². The van der Waals surface area contributed by atoms with E-state index in [0.29, 0.717) is 13.2 Å². The summed E-state index contributed by atoms with van der Waals surface area (Å²) in [5.41, 5.74) is 11.6. The number of hydroxylamine groups is 1. The molecule has 1 aromatic carbocycles. The van der Waals surface area contributed by atoms with Gasteiger partial charge in [0.25, 0.3) is 0 Å². The molecule has 0 saturated carbocycles. The van der Waals surface area contributed by atoms with Gasteiger partial charge in [0.1, 0.15) is 0 Å². The summed E-state index contributed by atoms with van der Waals surface area (Å²) in [6, 6.07) is 8.53. The van der Waals surface area contributed by atoms with Crippen LogP contribution in [0, 0.1) is 0 Å². The number of nitrogens with two attached hydrogens (primary N) is 1. The molecule has 4 nitrogen and oxygen atoms in total. The van der Waals surface area contributed by atoms with Crippen molar-refractivity contribution in [1.82, 2.24) is 5.48 Å². The summed E-state index contributed by atoms with van der Waals surface area (Å²) in [7, 11) is 1.66. The smallest absolute Gasteiger partial charge is 0.0916 e. The van der Waals surface area contributed by atoms with E-state index in [9.17, 15) is 0 Å². The molecule has 0 aromatic heterocycles. The molecule has 1 aliphatic carbocycles. The molecule has 2 unspecified atom stereocenters. The van der Waals surface area contributed by atoms with Crippen LogP contribution < -0.4 is 11.2 Å². The number of hydrogen-bond donors (Lipinski definition) is 2. The topological polar surface area (TPSA) is 56.5 Å². The molecule has 16 heavy (non-hydrogen) atoms. The van der Waals surface area contributed by atoms with Crippen LogP contribution in [0.15, 0.2) is 24.3 Å². The average molecular weight is 222 g/mol. The molecular weight excluding hydrogens is 204 g/mol. The van der Waals surface area contributed by atoms with Gasteiger partial charge in [0.05, 0.1) is 19.3 Å². The van der Waals surface area contributed by atoms with Gasteiger partial charge < -0.3 is 10.5 Å². The molecule has 1 aliphatic rings. The second-order valence-electron chi connectivity index (χ2n) is 3.98. The average Bonchev–Trinajstić information content (AvgIpc) is 2.63. The van der Waals surface area contributed by atoms with Crippen LogP contribution in [0.3, 0.4) is 0 Å². The van der Waals surface area contributed by atoms with E-state index in [1.807, 2.05) is 12.1 Å². The van der Waals surface area contributed by atoms with E-state index in [2.05, 4.69) is 17.6 Å². The summed E-state index contributed by atoms with van der Waals surface area (Å²) in [4.78, 5) is 5.33. The fraction of sp³-hybridized carbons (Fsp3) is 0.500. The van der Waals surface area contributed by atoms with Crippen LogP contribution in [0.4, 0.5) is 0 Å². The molecule has 4 heteroatoms. The molecule has 0 aliphatic heterocycles. The van der Waals surface area contributed by atoms with Crippen LogP contribution in [0.5, 0.6) is 0 Å². The monoisotopic (exact) mass is 222 g/mol. The molecule has 0 amide bonds. The zero-order chi connectivity index (χ0) is 11.4. The maximum Gasteiger partial charge on any atom is 0.0916 e. The molecule has 88 valence electrons. The first-order valence-electron chi connectivity index (χ1n) is 5.53. The second-order valence-corrected chi connectivity index (χ2v) is 3.98. The quantitative estimate of drug-likeness (QED) is 0.582. The molecule has 0 fully saturated rings. The van der Waals surface area contributed by atoms with Gasteiger partial charge in [0.15, 0.2) is 0 Å². The Morgan fingerprint density at radius 2 is 2.06 bits per heavy atom. The molecule has 0 bridgehead atoms. The molecule has 0 radical (unpaired) electrons. The summed E-state index contributed by atoms with van der Waals surface area (Å²) in [6.45, 7) is 1.14. The molecular formula is C12H18N2O2. The van der Waals surface area contributed by atoms with Gasteiger partial charge in [-0.25, -0.2) is 0 Å². The minimum Gasteiger partial charge on any atom is -0.382 e. The number of hydrogen-bond acceptors (Lipinski definition) is 4. The van der Waals surface area contributed by atoms with Crippen LogP contribution in [-0.2, 0) is 9.57 Å². The van der Waals surface area contributed by atoms with Crippen molar-refractivity contribution in [1.29, 1.82) is 0 Å². The zero-order valence-corrected chi connectivity index (χ0v) is 9.48. The highest BCUT2D eigenvalue weighted by Crippen LogP contribution is 2.36. The highest BCUT2D eigenvalue weighted by molar-refractivity contribution is 5.36. The maximum absolute atomic E-state index is 6.05. The summed E-state index contributed by atoms with van der Waals surface area (Å²) in [5, 5.41) is 0. The van der Waals surface area contributed by atoms with E-state index in [-0.39, 0.29) is 12.1 Å². The van der Waals surface area contributed by atoms with Crippen molar-refractivity contribution in [2.75, 3.05) is 20.3 Å². The van der Waals surface area contributed by atoms with Crippen molar-refractivity contribution in [3.05, 3.63) is 35.4 Å². The largest absolute Gasteiger partial charge is 0.382 e. The molecule has 3 N–H and O–H groups in total. The van der Waals surface area contributed by atoms with Crippen molar-refractivity contribution in [2.24, 2.45) is 5.73 Å². The number of ether oxygens (including phenoxy) is 1. The summed E-state index contributed by atoms with van der Waals surface area (Å²) in [6.07, 6.45) is 0.881. The van der Waals surface area contributed by atoms with Crippen molar-refractivity contribution < 1.29 is 9.57 Å². The molecule has 0 heterocycles. The van der Waals surface area contributed by atoms with Gasteiger partial charge in [-0.2, -0.15) is 5.48 Å². The summed E-state index contributed by atoms with van der Waals surface area (Å²) >= 11 is 0. The number of rotatable bonds is 5. The predicted octanol–water partition coefficient (Wildman–Crippen LogP) is 1.30. The number of benzene rings is 1. The van der Waals surface area contributed by atoms with Gasteiger partial charge in [-0.05, 0) is 17.5 Å². The summed E-state index contributed by atoms with van der Waals surface area (Å²) < 4.78 is 4.91. The molecule has 0 saturated heterocycles. The van der Waals surface area contributed by atoms with Crippen LogP contribution in [0.1, 0.15) is 29.6 Å². The Morgan fingerprint density at radius 1 is 1.31 bits per heavy atom. The third-order valence-electron chi connectivity index (χ3n) is 2.88. The lowest BCUT2D eigenvalue weighted by Crippen LogP contribution is -2.22. The van der Waals surface area contributed by atoms with E-state index in [1.165, 1.54) is 11.1 Å². The Bertz CT molecular complexity index is 344. The van der Waals surface area contributed by atoms with Crippen molar-refractivity contribution in [2.45, 2.75) is 18.5 Å². The third-order valence-corrected chi connectivity index (χ3v) is 2.88. The Kier molecular flexibility index (Phi) is 3.90. The van der Waals surface area contributed by atoms with Crippen molar-refractivity contribution in [3.63, 3.8) is 0 Å². The highest BCUT2D eigenvalue weighted by Gasteiger charge is 2.27. The number of fused-ring (bicyclic) bond motifs is 1. The van der Waals surface area contributed by atoms with E-state index >= 15 is 0 Å². The van der Waals surface area contributed by atoms with E-state index in [0.717, 1.165) is 6.42 Å². The lowest BCUT2D eigenvalue weighted by atomic mass is 10.1. The number of methoxy groups -OCH3 is 1. The third kappa shape index (κ3) is 2.41. The SMILES string of the molecule is COCCONC1CC(N)c2ccccc21. The molecule has 2 rings (SSSR count). The Labute approximate surface area is 95.7 Å².